The van der Waals surface area contributed by atoms with E-state index in [1.807, 2.05) is 50.5 Å². The summed E-state index contributed by atoms with van der Waals surface area (Å²) >= 11 is 0. The van der Waals surface area contributed by atoms with Crippen LogP contribution in [0.4, 0.5) is 22.7 Å². The predicted molar refractivity (Wildman–Crippen MR) is 138 cm³/mol. The van der Waals surface area contributed by atoms with Crippen molar-refractivity contribution in [1.29, 1.82) is 0 Å². The molecule has 34 heavy (non-hydrogen) atoms. The third-order valence-electron chi connectivity index (χ3n) is 7.15. The molecule has 172 valence electrons. The number of piperidine rings is 1. The summed E-state index contributed by atoms with van der Waals surface area (Å²) in [5.41, 5.74) is 6.75. The van der Waals surface area contributed by atoms with E-state index in [1.165, 1.54) is 6.42 Å². The van der Waals surface area contributed by atoms with Crippen molar-refractivity contribution in [2.24, 2.45) is 0 Å². The van der Waals surface area contributed by atoms with Crippen molar-refractivity contribution in [2.45, 2.75) is 32.2 Å². The van der Waals surface area contributed by atoms with Crippen LogP contribution in [0.15, 0.2) is 59.1 Å². The number of rotatable bonds is 4. The molecule has 2 heterocycles. The Hall–Kier alpha value is -3.80. The molecule has 2 aliphatic rings. The van der Waals surface area contributed by atoms with E-state index in [9.17, 15) is 4.79 Å². The van der Waals surface area contributed by atoms with Crippen LogP contribution >= 0.6 is 0 Å². The van der Waals surface area contributed by atoms with Crippen LogP contribution in [0.1, 0.15) is 42.1 Å². The van der Waals surface area contributed by atoms with E-state index >= 15 is 0 Å². The molecule has 1 saturated heterocycles. The first-order valence-electron chi connectivity index (χ1n) is 11.9. The quantitative estimate of drug-likeness (QED) is 0.349. The van der Waals surface area contributed by atoms with E-state index in [1.54, 1.807) is 0 Å². The van der Waals surface area contributed by atoms with E-state index in [-0.39, 0.29) is 5.78 Å². The number of fused-ring (bicyclic) bond motifs is 2. The lowest BCUT2D eigenvalue weighted by Gasteiger charge is -2.36. The Morgan fingerprint density at radius 1 is 1.06 bits per heavy atom. The molecule has 1 aromatic heterocycles. The highest BCUT2D eigenvalue weighted by molar-refractivity contribution is 6.28. The Balaban J connectivity index is 1.57. The van der Waals surface area contributed by atoms with Crippen LogP contribution in [0.5, 0.6) is 0 Å². The zero-order valence-corrected chi connectivity index (χ0v) is 19.8. The Labute approximate surface area is 199 Å². The number of nitrogens with one attached hydrogen (secondary N) is 1. The normalized spacial score (nSPS) is 17.1. The summed E-state index contributed by atoms with van der Waals surface area (Å²) < 4.78 is 5.92. The zero-order valence-electron chi connectivity index (χ0n) is 19.8. The van der Waals surface area contributed by atoms with Crippen molar-refractivity contribution in [2.75, 3.05) is 35.8 Å². The van der Waals surface area contributed by atoms with Gasteiger partial charge >= 0.3 is 0 Å². The minimum Gasteiger partial charge on any atom is -0.378 e. The molecule has 1 atom stereocenters. The lowest BCUT2D eigenvalue weighted by atomic mass is 9.86. The van der Waals surface area contributed by atoms with Crippen LogP contribution in [-0.2, 0) is 0 Å². The number of aromatic nitrogens is 1. The second-order valence-corrected chi connectivity index (χ2v) is 9.53. The second-order valence-electron chi connectivity index (χ2n) is 9.53. The van der Waals surface area contributed by atoms with Crippen molar-refractivity contribution in [3.8, 4) is 11.3 Å². The number of ketones is 1. The van der Waals surface area contributed by atoms with Gasteiger partial charge in [-0.15, -0.1) is 0 Å². The van der Waals surface area contributed by atoms with Crippen LogP contribution < -0.4 is 15.1 Å². The van der Waals surface area contributed by atoms with Crippen molar-refractivity contribution in [1.82, 2.24) is 5.16 Å². The highest BCUT2D eigenvalue weighted by atomic mass is 16.5. The van der Waals surface area contributed by atoms with Gasteiger partial charge in [-0.05, 0) is 56.5 Å². The Morgan fingerprint density at radius 3 is 2.56 bits per heavy atom. The largest absolute Gasteiger partial charge is 0.378 e. The van der Waals surface area contributed by atoms with Crippen LogP contribution in [0.3, 0.4) is 0 Å². The van der Waals surface area contributed by atoms with Gasteiger partial charge in [0.1, 0.15) is 5.52 Å². The average molecular weight is 453 g/mol. The monoisotopic (exact) mass is 452 g/mol. The first-order chi connectivity index (χ1) is 16.5. The zero-order chi connectivity index (χ0) is 23.4. The minimum absolute atomic E-state index is 0.00181. The summed E-state index contributed by atoms with van der Waals surface area (Å²) in [6.45, 7) is 3.23. The van der Waals surface area contributed by atoms with Gasteiger partial charge in [-0.2, -0.15) is 0 Å². The van der Waals surface area contributed by atoms with Crippen LogP contribution in [0.2, 0.25) is 0 Å². The van der Waals surface area contributed by atoms with Crippen LogP contribution in [0.25, 0.3) is 22.2 Å². The number of hydrogen-bond acceptors (Lipinski definition) is 6. The number of carbonyl (C=O) groups excluding carboxylic acids is 1. The molecule has 6 rings (SSSR count). The van der Waals surface area contributed by atoms with E-state index in [0.717, 1.165) is 58.6 Å². The lowest BCUT2D eigenvalue weighted by Crippen LogP contribution is -2.37. The molecule has 1 aliphatic carbocycles. The molecular weight excluding hydrogens is 424 g/mol. The molecule has 1 fully saturated rings. The first-order valence-corrected chi connectivity index (χ1v) is 11.9. The molecule has 0 saturated carbocycles. The van der Waals surface area contributed by atoms with Gasteiger partial charge in [-0.3, -0.25) is 4.79 Å². The first kappa shape index (κ1) is 20.8. The molecule has 0 unspecified atom stereocenters. The Kier molecular flexibility index (Phi) is 4.83. The molecule has 1 N–H and O–H groups in total. The molecule has 6 nitrogen and oxygen atoms in total. The van der Waals surface area contributed by atoms with Gasteiger partial charge < -0.3 is 19.6 Å². The predicted octanol–water partition coefficient (Wildman–Crippen LogP) is 6.23. The summed E-state index contributed by atoms with van der Waals surface area (Å²) in [6.07, 6.45) is 3.53. The maximum absolute atomic E-state index is 13.8. The van der Waals surface area contributed by atoms with E-state index in [0.29, 0.717) is 22.9 Å². The fourth-order valence-electron chi connectivity index (χ4n) is 5.31. The fraction of sp³-hybridized carbons (Fsp3) is 0.286. The van der Waals surface area contributed by atoms with Gasteiger partial charge in [0.05, 0.1) is 22.3 Å². The Morgan fingerprint density at radius 2 is 1.82 bits per heavy atom. The summed E-state index contributed by atoms with van der Waals surface area (Å²) in [6, 6.07) is 18.4. The lowest BCUT2D eigenvalue weighted by molar-refractivity contribution is 0.104. The molecule has 0 spiro atoms. The maximum atomic E-state index is 13.8. The second kappa shape index (κ2) is 7.90. The Bertz CT molecular complexity index is 1400. The fourth-order valence-corrected chi connectivity index (χ4v) is 5.31. The summed E-state index contributed by atoms with van der Waals surface area (Å²) in [4.78, 5) is 18.3. The number of benzene rings is 3. The van der Waals surface area contributed by atoms with Crippen molar-refractivity contribution in [3.05, 3.63) is 65.7 Å². The van der Waals surface area contributed by atoms with Crippen molar-refractivity contribution in [3.63, 3.8) is 0 Å². The molecule has 3 aromatic carbocycles. The molecule has 0 amide bonds. The third-order valence-corrected chi connectivity index (χ3v) is 7.15. The van der Waals surface area contributed by atoms with Gasteiger partial charge in [0.15, 0.2) is 11.5 Å². The SMILES string of the molecule is C[C@H]1CCCCN1c1cc(Nc2ccc(N(C)C)cc2)c2c3c(onc13)-c1ccccc1C2=O. The summed E-state index contributed by atoms with van der Waals surface area (Å²) in [5, 5.41) is 8.87. The molecule has 4 aromatic rings. The molecule has 6 heteroatoms. The van der Waals surface area contributed by atoms with Crippen molar-refractivity contribution < 1.29 is 9.32 Å². The average Bonchev–Trinajstić information content (AvgIpc) is 3.29. The smallest absolute Gasteiger partial charge is 0.196 e. The highest BCUT2D eigenvalue weighted by Crippen LogP contribution is 2.47. The van der Waals surface area contributed by atoms with Gasteiger partial charge in [-0.25, -0.2) is 0 Å². The number of hydrogen-bond donors (Lipinski definition) is 1. The van der Waals surface area contributed by atoms with Crippen molar-refractivity contribution >= 4 is 39.4 Å². The number of nitrogens with zero attached hydrogens (tertiary/aromatic N) is 3. The molecule has 0 bridgehead atoms. The number of carbonyl (C=O) groups is 1. The van der Waals surface area contributed by atoms with Crippen LogP contribution in [-0.4, -0.2) is 37.6 Å². The van der Waals surface area contributed by atoms with Gasteiger partial charge in [0.2, 0.25) is 0 Å². The van der Waals surface area contributed by atoms with Gasteiger partial charge in [0, 0.05) is 49.2 Å². The van der Waals surface area contributed by atoms with E-state index in [2.05, 4.69) is 45.4 Å². The topological polar surface area (TPSA) is 61.6 Å². The van der Waals surface area contributed by atoms with E-state index in [4.69, 9.17) is 4.52 Å². The van der Waals surface area contributed by atoms with Crippen LogP contribution in [0, 0.1) is 0 Å². The standard InChI is InChI=1S/C28H28N4O2/c1-17-8-6-7-15-32(17)23-16-22(29-18-11-13-19(14-12-18)31(2)3)24-25-26(23)30-34-28(25)21-10-5-4-9-20(21)27(24)33/h4-5,9-14,16-17,29H,6-8,15H2,1-3H3/t17-/m0/s1. The third kappa shape index (κ3) is 3.16. The minimum atomic E-state index is 0.00181. The molecule has 1 aliphatic heterocycles. The molecular formula is C28H28N4O2. The summed E-state index contributed by atoms with van der Waals surface area (Å²) in [7, 11) is 4.05. The van der Waals surface area contributed by atoms with E-state index < -0.39 is 0 Å². The number of anilines is 4. The maximum Gasteiger partial charge on any atom is 0.196 e. The molecule has 0 radical (unpaired) electrons. The van der Waals surface area contributed by atoms with Gasteiger partial charge in [-0.1, -0.05) is 29.4 Å². The van der Waals surface area contributed by atoms with Gasteiger partial charge in [0.25, 0.3) is 0 Å². The summed E-state index contributed by atoms with van der Waals surface area (Å²) in [5.74, 6) is 0.680. The highest BCUT2D eigenvalue weighted by Gasteiger charge is 2.34.